The lowest BCUT2D eigenvalue weighted by Crippen LogP contribution is -2.40. The molecule has 2 rings (SSSR count). The summed E-state index contributed by atoms with van der Waals surface area (Å²) in [4.78, 5) is 0. The van der Waals surface area contributed by atoms with Crippen LogP contribution >= 0.6 is 0 Å². The van der Waals surface area contributed by atoms with Gasteiger partial charge in [0.1, 0.15) is 0 Å². The number of rotatable bonds is 5. The van der Waals surface area contributed by atoms with Crippen LogP contribution in [0.3, 0.4) is 0 Å². The van der Waals surface area contributed by atoms with Crippen molar-refractivity contribution >= 4 is 0 Å². The lowest BCUT2D eigenvalue weighted by Gasteiger charge is -2.27. The van der Waals surface area contributed by atoms with E-state index < -0.39 is 0 Å². The third-order valence-corrected chi connectivity index (χ3v) is 4.41. The SMILES string of the molecule is Cc1ccc(C(C)(C)CNCC2CCCN2)cc1C. The first-order valence-electron chi connectivity index (χ1n) is 7.51. The molecule has 0 radical (unpaired) electrons. The fraction of sp³-hybridized carbons (Fsp3) is 0.647. The molecule has 2 heteroatoms. The van der Waals surface area contributed by atoms with E-state index >= 15 is 0 Å². The molecule has 1 aromatic carbocycles. The highest BCUT2D eigenvalue weighted by atomic mass is 15.0. The average Bonchev–Trinajstić information content (AvgIpc) is 2.85. The van der Waals surface area contributed by atoms with Crippen LogP contribution in [0.5, 0.6) is 0 Å². The lowest BCUT2D eigenvalue weighted by atomic mass is 9.83. The quantitative estimate of drug-likeness (QED) is 0.850. The molecule has 0 saturated carbocycles. The number of nitrogens with one attached hydrogen (secondary N) is 2. The van der Waals surface area contributed by atoms with Crippen molar-refractivity contribution in [1.29, 1.82) is 0 Å². The molecule has 0 bridgehead atoms. The van der Waals surface area contributed by atoms with Crippen LogP contribution < -0.4 is 10.6 Å². The molecule has 19 heavy (non-hydrogen) atoms. The molecule has 1 unspecified atom stereocenters. The summed E-state index contributed by atoms with van der Waals surface area (Å²) in [5.74, 6) is 0. The van der Waals surface area contributed by atoms with Crippen molar-refractivity contribution in [2.45, 2.75) is 52.0 Å². The van der Waals surface area contributed by atoms with Gasteiger partial charge >= 0.3 is 0 Å². The lowest BCUT2D eigenvalue weighted by molar-refractivity contribution is 0.442. The standard InChI is InChI=1S/C17H28N2/c1-13-7-8-15(10-14(13)2)17(3,4)12-18-11-16-6-5-9-19-16/h7-8,10,16,18-19H,5-6,9,11-12H2,1-4H3. The number of hydrogen-bond acceptors (Lipinski definition) is 2. The van der Waals surface area contributed by atoms with Crippen LogP contribution in [0.25, 0.3) is 0 Å². The first-order chi connectivity index (χ1) is 8.99. The molecule has 1 aromatic rings. The Morgan fingerprint density at radius 3 is 2.68 bits per heavy atom. The predicted molar refractivity (Wildman–Crippen MR) is 82.8 cm³/mol. The van der Waals surface area contributed by atoms with E-state index in [1.54, 1.807) is 0 Å². The van der Waals surface area contributed by atoms with E-state index in [1.165, 1.54) is 36.1 Å². The topological polar surface area (TPSA) is 24.1 Å². The van der Waals surface area contributed by atoms with Crippen molar-refractivity contribution in [2.24, 2.45) is 0 Å². The van der Waals surface area contributed by atoms with E-state index in [4.69, 9.17) is 0 Å². The Kier molecular flexibility index (Phi) is 4.64. The first kappa shape index (κ1) is 14.5. The smallest absolute Gasteiger partial charge is 0.0192 e. The molecular weight excluding hydrogens is 232 g/mol. The molecule has 0 amide bonds. The van der Waals surface area contributed by atoms with Crippen LogP contribution in [0, 0.1) is 13.8 Å². The second-order valence-corrected chi connectivity index (χ2v) is 6.61. The minimum absolute atomic E-state index is 0.192. The van der Waals surface area contributed by atoms with Gasteiger partial charge in [-0.3, -0.25) is 0 Å². The van der Waals surface area contributed by atoms with Crippen LogP contribution in [0.15, 0.2) is 18.2 Å². The Balaban J connectivity index is 1.90. The van der Waals surface area contributed by atoms with Gasteiger partial charge in [-0.25, -0.2) is 0 Å². The van der Waals surface area contributed by atoms with Gasteiger partial charge in [-0.1, -0.05) is 32.0 Å². The molecule has 0 aliphatic carbocycles. The van der Waals surface area contributed by atoms with Gasteiger partial charge in [-0.2, -0.15) is 0 Å². The second-order valence-electron chi connectivity index (χ2n) is 6.61. The zero-order chi connectivity index (χ0) is 13.9. The highest BCUT2D eigenvalue weighted by molar-refractivity contribution is 5.34. The molecule has 2 N–H and O–H groups in total. The van der Waals surface area contributed by atoms with Gasteiger partial charge in [0.15, 0.2) is 0 Å². The number of aryl methyl sites for hydroxylation is 2. The Bertz CT molecular complexity index is 417. The van der Waals surface area contributed by atoms with Crippen molar-refractivity contribution in [3.63, 3.8) is 0 Å². The largest absolute Gasteiger partial charge is 0.314 e. The van der Waals surface area contributed by atoms with Crippen LogP contribution in [-0.2, 0) is 5.41 Å². The predicted octanol–water partition coefficient (Wildman–Crippen LogP) is 2.92. The summed E-state index contributed by atoms with van der Waals surface area (Å²) in [6.07, 6.45) is 2.64. The summed E-state index contributed by atoms with van der Waals surface area (Å²) in [5, 5.41) is 7.17. The van der Waals surface area contributed by atoms with Crippen LogP contribution in [-0.4, -0.2) is 25.7 Å². The van der Waals surface area contributed by atoms with Gasteiger partial charge in [-0.15, -0.1) is 0 Å². The van der Waals surface area contributed by atoms with Crippen molar-refractivity contribution in [1.82, 2.24) is 10.6 Å². The summed E-state index contributed by atoms with van der Waals surface area (Å²) in [6.45, 7) is 12.3. The maximum Gasteiger partial charge on any atom is 0.0192 e. The molecule has 0 aromatic heterocycles. The Morgan fingerprint density at radius 2 is 2.05 bits per heavy atom. The Labute approximate surface area is 118 Å². The third-order valence-electron chi connectivity index (χ3n) is 4.41. The normalized spacial score (nSPS) is 19.9. The zero-order valence-corrected chi connectivity index (χ0v) is 12.8. The maximum atomic E-state index is 3.64. The minimum Gasteiger partial charge on any atom is -0.314 e. The van der Waals surface area contributed by atoms with Crippen LogP contribution in [0.1, 0.15) is 43.4 Å². The Hall–Kier alpha value is -0.860. The van der Waals surface area contributed by atoms with Crippen LogP contribution in [0.4, 0.5) is 0 Å². The monoisotopic (exact) mass is 260 g/mol. The van der Waals surface area contributed by atoms with E-state index in [2.05, 4.69) is 56.5 Å². The fourth-order valence-electron chi connectivity index (χ4n) is 2.75. The zero-order valence-electron chi connectivity index (χ0n) is 12.8. The van der Waals surface area contributed by atoms with Crippen molar-refractivity contribution in [3.05, 3.63) is 34.9 Å². The van der Waals surface area contributed by atoms with E-state index in [-0.39, 0.29) is 5.41 Å². The number of hydrogen-bond donors (Lipinski definition) is 2. The van der Waals surface area contributed by atoms with E-state index in [1.807, 2.05) is 0 Å². The first-order valence-corrected chi connectivity index (χ1v) is 7.51. The van der Waals surface area contributed by atoms with Crippen molar-refractivity contribution < 1.29 is 0 Å². The highest BCUT2D eigenvalue weighted by Gasteiger charge is 2.21. The fourth-order valence-corrected chi connectivity index (χ4v) is 2.75. The van der Waals surface area contributed by atoms with E-state index in [9.17, 15) is 0 Å². The van der Waals surface area contributed by atoms with Gasteiger partial charge < -0.3 is 10.6 Å². The summed E-state index contributed by atoms with van der Waals surface area (Å²) in [6, 6.07) is 7.53. The molecule has 1 aliphatic heterocycles. The molecule has 1 saturated heterocycles. The van der Waals surface area contributed by atoms with Crippen molar-refractivity contribution in [3.8, 4) is 0 Å². The van der Waals surface area contributed by atoms with E-state index in [0.29, 0.717) is 6.04 Å². The second kappa shape index (κ2) is 6.06. The molecule has 1 heterocycles. The van der Waals surface area contributed by atoms with E-state index in [0.717, 1.165) is 13.1 Å². The molecule has 2 nitrogen and oxygen atoms in total. The molecule has 1 aliphatic rings. The number of benzene rings is 1. The Morgan fingerprint density at radius 1 is 1.26 bits per heavy atom. The molecular formula is C17H28N2. The minimum atomic E-state index is 0.192. The summed E-state index contributed by atoms with van der Waals surface area (Å²) < 4.78 is 0. The highest BCUT2D eigenvalue weighted by Crippen LogP contribution is 2.24. The van der Waals surface area contributed by atoms with Gasteiger partial charge in [0.2, 0.25) is 0 Å². The van der Waals surface area contributed by atoms with Gasteiger partial charge in [0, 0.05) is 24.5 Å². The average molecular weight is 260 g/mol. The molecule has 106 valence electrons. The molecule has 0 spiro atoms. The summed E-state index contributed by atoms with van der Waals surface area (Å²) >= 11 is 0. The molecule has 1 atom stereocenters. The summed E-state index contributed by atoms with van der Waals surface area (Å²) in [7, 11) is 0. The van der Waals surface area contributed by atoms with Gasteiger partial charge in [0.05, 0.1) is 0 Å². The van der Waals surface area contributed by atoms with Gasteiger partial charge in [-0.05, 0) is 49.9 Å². The summed E-state index contributed by atoms with van der Waals surface area (Å²) in [5.41, 5.74) is 4.39. The van der Waals surface area contributed by atoms with Crippen LogP contribution in [0.2, 0.25) is 0 Å². The maximum absolute atomic E-state index is 3.64. The molecule has 1 fully saturated rings. The van der Waals surface area contributed by atoms with Crippen molar-refractivity contribution in [2.75, 3.05) is 19.6 Å². The third kappa shape index (κ3) is 3.80. The van der Waals surface area contributed by atoms with Gasteiger partial charge in [0.25, 0.3) is 0 Å².